The van der Waals surface area contributed by atoms with E-state index in [0.29, 0.717) is 5.66 Å². The standard InChI is InChI=1S/C19H17P/c1-12-16-5-3-4-13-8-9-15-10-11-17(18(13)16)19(14-6-7-14)20(12,15)2/h3-5,8,15,20H,1,6-7,9H2,2H3/b13-8+. The van der Waals surface area contributed by atoms with Gasteiger partial charge in [0.15, 0.2) is 0 Å². The second-order valence-corrected chi connectivity index (χ2v) is 10.8. The van der Waals surface area contributed by atoms with Gasteiger partial charge in [0.05, 0.1) is 0 Å². The Morgan fingerprint density at radius 3 is 2.95 bits per heavy atom. The van der Waals surface area contributed by atoms with Gasteiger partial charge in [0.2, 0.25) is 0 Å². The molecule has 1 aromatic rings. The van der Waals surface area contributed by atoms with E-state index >= 15 is 0 Å². The van der Waals surface area contributed by atoms with E-state index in [1.807, 2.05) is 0 Å². The van der Waals surface area contributed by atoms with Crippen LogP contribution in [0.15, 0.2) is 35.7 Å². The number of allylic oxidation sites excluding steroid dienone is 2. The molecule has 1 saturated carbocycles. The van der Waals surface area contributed by atoms with E-state index in [0.717, 1.165) is 6.42 Å². The number of fused-ring (bicyclic) bond motifs is 1. The monoisotopic (exact) mass is 276 g/mol. The molecule has 0 spiro atoms. The number of hydrogen-bond acceptors (Lipinski definition) is 0. The molecule has 0 radical (unpaired) electrons. The maximum atomic E-state index is 4.57. The van der Waals surface area contributed by atoms with Crippen LogP contribution in [0.3, 0.4) is 0 Å². The predicted molar refractivity (Wildman–Crippen MR) is 89.3 cm³/mol. The molecule has 0 amide bonds. The zero-order valence-electron chi connectivity index (χ0n) is 11.7. The molecule has 3 aliphatic heterocycles. The number of hydrogen-bond donors (Lipinski definition) is 0. The Labute approximate surface area is 119 Å². The van der Waals surface area contributed by atoms with Crippen LogP contribution in [0.4, 0.5) is 0 Å². The SMILES string of the molecule is C=C1c2ccc/c3c2=C2C#CC(C/C=3)[PH]1(C)C2=C1CC1. The van der Waals surface area contributed by atoms with Gasteiger partial charge >= 0.3 is 119 Å². The van der Waals surface area contributed by atoms with Gasteiger partial charge in [0.25, 0.3) is 0 Å². The second-order valence-electron chi connectivity index (χ2n) is 6.57. The summed E-state index contributed by atoms with van der Waals surface area (Å²) in [5.74, 6) is 7.14. The van der Waals surface area contributed by atoms with Crippen molar-refractivity contribution >= 4 is 24.2 Å². The van der Waals surface area contributed by atoms with Gasteiger partial charge in [-0.25, -0.2) is 0 Å². The third-order valence-corrected chi connectivity index (χ3v) is 10.5. The summed E-state index contributed by atoms with van der Waals surface area (Å²) in [4.78, 5) is 0. The van der Waals surface area contributed by atoms with Gasteiger partial charge in [-0.05, 0) is 0 Å². The molecular weight excluding hydrogens is 259 g/mol. The molecule has 6 bridgehead atoms. The molecule has 1 heteroatoms. The minimum atomic E-state index is -1.71. The van der Waals surface area contributed by atoms with Crippen LogP contribution in [0.25, 0.3) is 17.0 Å². The molecule has 3 heterocycles. The Morgan fingerprint density at radius 2 is 2.15 bits per heavy atom. The van der Waals surface area contributed by atoms with Crippen LogP contribution >= 0.6 is 7.26 Å². The van der Waals surface area contributed by atoms with Gasteiger partial charge in [0, 0.05) is 0 Å². The maximum absolute atomic E-state index is 4.57. The van der Waals surface area contributed by atoms with Crippen LogP contribution in [0, 0.1) is 11.8 Å². The molecule has 6 rings (SSSR count). The van der Waals surface area contributed by atoms with Crippen molar-refractivity contribution in [3.8, 4) is 11.8 Å². The summed E-state index contributed by atoms with van der Waals surface area (Å²) in [6.07, 6.45) is 6.12. The molecule has 0 saturated heterocycles. The van der Waals surface area contributed by atoms with Crippen molar-refractivity contribution in [1.29, 1.82) is 0 Å². The molecular formula is C19H17P. The summed E-state index contributed by atoms with van der Waals surface area (Å²) < 4.78 is 0. The molecule has 2 aliphatic carbocycles. The van der Waals surface area contributed by atoms with E-state index in [1.165, 1.54) is 39.7 Å². The van der Waals surface area contributed by atoms with E-state index < -0.39 is 7.26 Å². The summed E-state index contributed by atoms with van der Waals surface area (Å²) in [5.41, 5.74) is 4.98. The summed E-state index contributed by atoms with van der Waals surface area (Å²) in [7, 11) is -1.71. The van der Waals surface area contributed by atoms with Gasteiger partial charge in [-0.3, -0.25) is 0 Å². The average molecular weight is 276 g/mol. The third-order valence-electron chi connectivity index (χ3n) is 5.56. The second kappa shape index (κ2) is 3.36. The molecule has 0 N–H and O–H groups in total. The summed E-state index contributed by atoms with van der Waals surface area (Å²) in [6, 6.07) is 6.71. The van der Waals surface area contributed by atoms with Crippen molar-refractivity contribution in [1.82, 2.24) is 0 Å². The van der Waals surface area contributed by atoms with Crippen molar-refractivity contribution in [2.24, 2.45) is 0 Å². The molecule has 0 aromatic heterocycles. The Hall–Kier alpha value is -1.57. The van der Waals surface area contributed by atoms with Gasteiger partial charge in [-0.15, -0.1) is 0 Å². The Kier molecular flexibility index (Phi) is 1.87. The van der Waals surface area contributed by atoms with Gasteiger partial charge in [-0.1, -0.05) is 0 Å². The normalized spacial score (nSPS) is 30.1. The summed E-state index contributed by atoms with van der Waals surface area (Å²) in [5, 5.41) is 5.88. The van der Waals surface area contributed by atoms with Crippen molar-refractivity contribution in [2.45, 2.75) is 24.9 Å². The molecule has 0 nitrogen and oxygen atoms in total. The first-order valence-electron chi connectivity index (χ1n) is 7.49. The van der Waals surface area contributed by atoms with Crippen LogP contribution in [0.1, 0.15) is 24.8 Å². The Morgan fingerprint density at radius 1 is 1.30 bits per heavy atom. The van der Waals surface area contributed by atoms with Crippen molar-refractivity contribution in [2.75, 3.05) is 6.66 Å². The molecule has 1 aromatic carbocycles. The Balaban J connectivity index is 2.15. The van der Waals surface area contributed by atoms with E-state index in [1.54, 1.807) is 10.9 Å². The fourth-order valence-electron chi connectivity index (χ4n) is 4.30. The van der Waals surface area contributed by atoms with Gasteiger partial charge in [-0.2, -0.15) is 0 Å². The fourth-order valence-corrected chi connectivity index (χ4v) is 8.78. The molecule has 98 valence electrons. The van der Waals surface area contributed by atoms with Crippen LogP contribution < -0.4 is 10.4 Å². The van der Waals surface area contributed by atoms with Crippen molar-refractivity contribution in [3.05, 3.63) is 51.7 Å². The number of rotatable bonds is 0. The molecule has 1 fully saturated rings. The first-order valence-corrected chi connectivity index (χ1v) is 10.1. The molecule has 20 heavy (non-hydrogen) atoms. The average Bonchev–Trinajstić information content (AvgIpc) is 3.24. The zero-order chi connectivity index (χ0) is 13.5. The summed E-state index contributed by atoms with van der Waals surface area (Å²) >= 11 is 0. The fraction of sp³-hybridized carbons (Fsp3) is 0.263. The van der Waals surface area contributed by atoms with Crippen LogP contribution in [-0.2, 0) is 0 Å². The number of benzene rings is 1. The van der Waals surface area contributed by atoms with E-state index in [4.69, 9.17) is 0 Å². The quantitative estimate of drug-likeness (QED) is 0.505. The van der Waals surface area contributed by atoms with Crippen molar-refractivity contribution < 1.29 is 0 Å². The molecule has 1 atom stereocenters. The van der Waals surface area contributed by atoms with Crippen LogP contribution in [0.5, 0.6) is 0 Å². The van der Waals surface area contributed by atoms with Gasteiger partial charge < -0.3 is 0 Å². The molecule has 1 unspecified atom stereocenters. The first-order chi connectivity index (χ1) is 9.71. The third kappa shape index (κ3) is 1.11. The predicted octanol–water partition coefficient (Wildman–Crippen LogP) is 2.82. The first kappa shape index (κ1) is 11.1. The minimum absolute atomic E-state index is 0.522. The molecule has 5 aliphatic rings. The van der Waals surface area contributed by atoms with E-state index in [9.17, 15) is 0 Å². The topological polar surface area (TPSA) is 0 Å². The van der Waals surface area contributed by atoms with E-state index in [2.05, 4.69) is 49.4 Å². The van der Waals surface area contributed by atoms with Gasteiger partial charge in [0.1, 0.15) is 0 Å². The Bertz CT molecular complexity index is 911. The van der Waals surface area contributed by atoms with Crippen molar-refractivity contribution in [3.63, 3.8) is 0 Å². The van der Waals surface area contributed by atoms with Crippen LogP contribution in [0.2, 0.25) is 0 Å². The summed E-state index contributed by atoms with van der Waals surface area (Å²) in [6.45, 7) is 7.08. The van der Waals surface area contributed by atoms with E-state index in [-0.39, 0.29) is 0 Å². The zero-order valence-corrected chi connectivity index (χ0v) is 12.7. The van der Waals surface area contributed by atoms with Crippen LogP contribution in [-0.4, -0.2) is 12.3 Å².